The number of anilines is 1. The van der Waals surface area contributed by atoms with Crippen molar-refractivity contribution in [3.8, 4) is 5.75 Å². The maximum Gasteiger partial charge on any atom is 0.262 e. The quantitative estimate of drug-likeness (QED) is 0.584. The van der Waals surface area contributed by atoms with Crippen molar-refractivity contribution in [1.29, 1.82) is 0 Å². The molecule has 0 fully saturated rings. The minimum Gasteiger partial charge on any atom is -0.483 e. The molecule has 0 saturated carbocycles. The predicted molar refractivity (Wildman–Crippen MR) is 106 cm³/mol. The average molecular weight is 445 g/mol. The molecular weight excluding hydrogens is 429 g/mol. The van der Waals surface area contributed by atoms with Crippen LogP contribution in [0.25, 0.3) is 5.70 Å². The first-order valence-corrected chi connectivity index (χ1v) is 8.66. The second-order valence-corrected chi connectivity index (χ2v) is 6.50. The van der Waals surface area contributed by atoms with E-state index in [4.69, 9.17) is 4.74 Å². The van der Waals surface area contributed by atoms with Gasteiger partial charge in [0.05, 0.1) is 12.0 Å². The lowest BCUT2D eigenvalue weighted by Gasteiger charge is -2.14. The number of para-hydroxylation sites is 1. The number of nitrogens with one attached hydrogen (secondary N) is 1. The molecule has 25 heavy (non-hydrogen) atoms. The first kappa shape index (κ1) is 17.2. The van der Waals surface area contributed by atoms with Crippen molar-refractivity contribution in [2.75, 3.05) is 11.9 Å². The van der Waals surface area contributed by atoms with E-state index in [9.17, 15) is 4.79 Å². The summed E-state index contributed by atoms with van der Waals surface area (Å²) in [5, 5.41) is 2.81. The molecule has 3 rings (SSSR count). The van der Waals surface area contributed by atoms with E-state index < -0.39 is 0 Å². The first-order valence-electron chi connectivity index (χ1n) is 7.58. The molecule has 5 nitrogen and oxygen atoms in total. The number of rotatable bonds is 6. The summed E-state index contributed by atoms with van der Waals surface area (Å²) in [6.07, 6.45) is 5.16. The Bertz CT molecular complexity index is 874. The first-order chi connectivity index (χ1) is 12.1. The summed E-state index contributed by atoms with van der Waals surface area (Å²) in [5.41, 5.74) is 2.28. The molecule has 1 heterocycles. The number of halogens is 1. The molecular formula is C19H16IN3O2. The van der Waals surface area contributed by atoms with E-state index in [1.54, 1.807) is 17.1 Å². The Morgan fingerprint density at radius 3 is 2.68 bits per heavy atom. The van der Waals surface area contributed by atoms with Gasteiger partial charge in [-0.1, -0.05) is 18.7 Å². The Morgan fingerprint density at radius 1 is 1.20 bits per heavy atom. The normalized spacial score (nSPS) is 10.3. The third kappa shape index (κ3) is 4.48. The third-order valence-corrected chi connectivity index (χ3v) is 4.22. The molecule has 126 valence electrons. The standard InChI is InChI=1S/C19H16IN3O2/c1-14(23-11-10-21-13-23)17-4-2-3-5-18(17)25-12-19(24)22-16-8-6-15(20)7-9-16/h2-11,13H,1,12H2,(H,22,24). The van der Waals surface area contributed by atoms with Crippen LogP contribution in [0.2, 0.25) is 0 Å². The fraction of sp³-hybridized carbons (Fsp3) is 0.0526. The summed E-state index contributed by atoms with van der Waals surface area (Å²) in [7, 11) is 0. The number of amides is 1. The van der Waals surface area contributed by atoms with Gasteiger partial charge in [0.2, 0.25) is 0 Å². The summed E-state index contributed by atoms with van der Waals surface area (Å²) >= 11 is 2.22. The molecule has 0 aliphatic heterocycles. The van der Waals surface area contributed by atoms with E-state index in [-0.39, 0.29) is 12.5 Å². The van der Waals surface area contributed by atoms with Gasteiger partial charge < -0.3 is 14.6 Å². The topological polar surface area (TPSA) is 56.1 Å². The van der Waals surface area contributed by atoms with Gasteiger partial charge in [-0.3, -0.25) is 4.79 Å². The van der Waals surface area contributed by atoms with Crippen LogP contribution in [-0.4, -0.2) is 22.1 Å². The molecule has 1 amide bonds. The lowest BCUT2D eigenvalue weighted by Crippen LogP contribution is -2.20. The molecule has 0 atom stereocenters. The van der Waals surface area contributed by atoms with Crippen LogP contribution in [0.15, 0.2) is 73.8 Å². The zero-order chi connectivity index (χ0) is 17.6. The molecule has 0 saturated heterocycles. The summed E-state index contributed by atoms with van der Waals surface area (Å²) in [4.78, 5) is 16.1. The van der Waals surface area contributed by atoms with Crippen LogP contribution in [0, 0.1) is 3.57 Å². The van der Waals surface area contributed by atoms with Crippen molar-refractivity contribution in [1.82, 2.24) is 9.55 Å². The summed E-state index contributed by atoms with van der Waals surface area (Å²) < 4.78 is 8.62. The van der Waals surface area contributed by atoms with Gasteiger partial charge in [0.15, 0.2) is 6.61 Å². The Morgan fingerprint density at radius 2 is 1.96 bits per heavy atom. The van der Waals surface area contributed by atoms with Gasteiger partial charge in [-0.25, -0.2) is 4.98 Å². The van der Waals surface area contributed by atoms with E-state index in [1.807, 2.05) is 54.7 Å². The number of imidazole rings is 1. The average Bonchev–Trinajstić information content (AvgIpc) is 3.16. The highest BCUT2D eigenvalue weighted by Gasteiger charge is 2.10. The van der Waals surface area contributed by atoms with Gasteiger partial charge in [-0.2, -0.15) is 0 Å². The van der Waals surface area contributed by atoms with Gasteiger partial charge in [-0.05, 0) is 59.0 Å². The molecule has 0 aliphatic rings. The van der Waals surface area contributed by atoms with E-state index in [0.29, 0.717) is 5.75 Å². The van der Waals surface area contributed by atoms with E-state index >= 15 is 0 Å². The molecule has 0 aliphatic carbocycles. The smallest absolute Gasteiger partial charge is 0.262 e. The lowest BCUT2D eigenvalue weighted by atomic mass is 10.1. The van der Waals surface area contributed by atoms with Crippen LogP contribution in [0.3, 0.4) is 0 Å². The molecule has 1 aromatic heterocycles. The van der Waals surface area contributed by atoms with E-state index in [0.717, 1.165) is 20.5 Å². The van der Waals surface area contributed by atoms with Crippen molar-refractivity contribution >= 4 is 39.9 Å². The largest absolute Gasteiger partial charge is 0.483 e. The fourth-order valence-electron chi connectivity index (χ4n) is 2.26. The fourth-order valence-corrected chi connectivity index (χ4v) is 2.62. The Labute approximate surface area is 159 Å². The molecule has 0 spiro atoms. The van der Waals surface area contributed by atoms with Crippen LogP contribution < -0.4 is 10.1 Å². The van der Waals surface area contributed by atoms with Gasteiger partial charge in [-0.15, -0.1) is 0 Å². The molecule has 1 N–H and O–H groups in total. The SMILES string of the molecule is C=C(c1ccccc1OCC(=O)Nc1ccc(I)cc1)n1ccnc1. The van der Waals surface area contributed by atoms with Crippen molar-refractivity contribution in [2.45, 2.75) is 0 Å². The molecule has 3 aromatic rings. The molecule has 6 heteroatoms. The number of nitrogens with zero attached hydrogens (tertiary/aromatic N) is 2. The number of carbonyl (C=O) groups excluding carboxylic acids is 1. The molecule has 0 unspecified atom stereocenters. The monoisotopic (exact) mass is 445 g/mol. The van der Waals surface area contributed by atoms with Crippen LogP contribution >= 0.6 is 22.6 Å². The van der Waals surface area contributed by atoms with Crippen molar-refractivity contribution < 1.29 is 9.53 Å². The second-order valence-electron chi connectivity index (χ2n) is 5.26. The maximum absolute atomic E-state index is 12.1. The summed E-state index contributed by atoms with van der Waals surface area (Å²) in [6.45, 7) is 3.99. The summed E-state index contributed by atoms with van der Waals surface area (Å²) in [6, 6.07) is 15.0. The Balaban J connectivity index is 1.66. The highest BCUT2D eigenvalue weighted by Crippen LogP contribution is 2.25. The second kappa shape index (κ2) is 7.98. The number of carbonyl (C=O) groups is 1. The van der Waals surface area contributed by atoms with Crippen molar-refractivity contribution in [3.05, 3.63) is 83.0 Å². The van der Waals surface area contributed by atoms with Crippen molar-refractivity contribution in [2.24, 2.45) is 0 Å². The molecule has 0 bridgehead atoms. The number of aromatic nitrogens is 2. The van der Waals surface area contributed by atoms with Gasteiger partial charge in [0.1, 0.15) is 5.75 Å². The van der Waals surface area contributed by atoms with Gasteiger partial charge in [0, 0.05) is 27.2 Å². The number of hydrogen-bond acceptors (Lipinski definition) is 3. The summed E-state index contributed by atoms with van der Waals surface area (Å²) in [5.74, 6) is 0.378. The molecule has 0 radical (unpaired) electrons. The van der Waals surface area contributed by atoms with Crippen molar-refractivity contribution in [3.63, 3.8) is 0 Å². The minimum absolute atomic E-state index is 0.0831. The molecule has 2 aromatic carbocycles. The zero-order valence-electron chi connectivity index (χ0n) is 13.4. The minimum atomic E-state index is -0.218. The van der Waals surface area contributed by atoms with Crippen LogP contribution in [0.4, 0.5) is 5.69 Å². The van der Waals surface area contributed by atoms with E-state index in [1.165, 1.54) is 0 Å². The lowest BCUT2D eigenvalue weighted by molar-refractivity contribution is -0.118. The highest BCUT2D eigenvalue weighted by molar-refractivity contribution is 14.1. The van der Waals surface area contributed by atoms with E-state index in [2.05, 4.69) is 39.5 Å². The predicted octanol–water partition coefficient (Wildman–Crippen LogP) is 4.02. The third-order valence-electron chi connectivity index (χ3n) is 3.50. The number of ether oxygens (including phenoxy) is 1. The van der Waals surface area contributed by atoms with Crippen LogP contribution in [-0.2, 0) is 4.79 Å². The van der Waals surface area contributed by atoms with Gasteiger partial charge >= 0.3 is 0 Å². The van der Waals surface area contributed by atoms with Crippen LogP contribution in [0.5, 0.6) is 5.75 Å². The number of benzene rings is 2. The highest BCUT2D eigenvalue weighted by atomic mass is 127. The Kier molecular flexibility index (Phi) is 5.49. The number of hydrogen-bond donors (Lipinski definition) is 1. The van der Waals surface area contributed by atoms with Crippen LogP contribution in [0.1, 0.15) is 5.56 Å². The van der Waals surface area contributed by atoms with Gasteiger partial charge in [0.25, 0.3) is 5.91 Å². The zero-order valence-corrected chi connectivity index (χ0v) is 15.5. The maximum atomic E-state index is 12.1. The Hall–Kier alpha value is -2.61.